The highest BCUT2D eigenvalue weighted by Crippen LogP contribution is 2.45. The fourth-order valence-corrected chi connectivity index (χ4v) is 6.22. The van der Waals surface area contributed by atoms with Gasteiger partial charge in [-0.1, -0.05) is 20.8 Å². The highest BCUT2D eigenvalue weighted by molar-refractivity contribution is 5.75. The monoisotopic (exact) mass is 452 g/mol. The van der Waals surface area contributed by atoms with Gasteiger partial charge in [-0.05, 0) is 57.8 Å². The first-order chi connectivity index (χ1) is 14.8. The first kappa shape index (κ1) is 25.1. The van der Waals surface area contributed by atoms with Crippen molar-refractivity contribution in [3.8, 4) is 0 Å². The lowest BCUT2D eigenvalue weighted by Gasteiger charge is -2.47. The number of nitrogens with one attached hydrogen (secondary N) is 2. The molecule has 0 aromatic rings. The van der Waals surface area contributed by atoms with Crippen LogP contribution in [0.5, 0.6) is 0 Å². The van der Waals surface area contributed by atoms with Crippen molar-refractivity contribution in [3.05, 3.63) is 0 Å². The van der Waals surface area contributed by atoms with Crippen molar-refractivity contribution in [1.29, 1.82) is 0 Å². The quantitative estimate of drug-likeness (QED) is 0.689. The maximum atomic E-state index is 13.0. The molecule has 0 spiro atoms. The predicted molar refractivity (Wildman–Crippen MR) is 125 cm³/mol. The van der Waals surface area contributed by atoms with E-state index in [9.17, 15) is 9.59 Å². The summed E-state index contributed by atoms with van der Waals surface area (Å²) in [6.45, 7) is 17.9. The van der Waals surface area contributed by atoms with E-state index in [0.717, 1.165) is 19.3 Å². The summed E-state index contributed by atoms with van der Waals surface area (Å²) < 4.78 is 11.5. The van der Waals surface area contributed by atoms with E-state index in [-0.39, 0.29) is 53.3 Å². The van der Waals surface area contributed by atoms with Gasteiger partial charge in [0.25, 0.3) is 0 Å². The number of carbonyl (C=O) groups is 2. The zero-order valence-electron chi connectivity index (χ0n) is 21.1. The minimum Gasteiger partial charge on any atom is -0.372 e. The van der Waals surface area contributed by atoms with Crippen LogP contribution in [-0.4, -0.2) is 85.0 Å². The van der Waals surface area contributed by atoms with Gasteiger partial charge in [0.2, 0.25) is 0 Å². The van der Waals surface area contributed by atoms with Crippen LogP contribution >= 0.6 is 0 Å². The van der Waals surface area contributed by atoms with Crippen LogP contribution in [0.1, 0.15) is 67.7 Å². The number of carbonyl (C=O) groups excluding carboxylic acids is 2. The summed E-state index contributed by atoms with van der Waals surface area (Å²) in [4.78, 5) is 29.6. The zero-order chi connectivity index (χ0) is 23.7. The van der Waals surface area contributed by atoms with Crippen LogP contribution < -0.4 is 10.6 Å². The Kier molecular flexibility index (Phi) is 7.65. The van der Waals surface area contributed by atoms with Crippen LogP contribution in [0.3, 0.4) is 0 Å². The standard InChI is InChI=1S/C24H44N4O4/c1-16-10-27(11-17(2)31-16)21(29)25-15-24(7)9-20(8-23(5,6)14-24)26-22(30)28-12-18(3)32-19(4)13-28/h16-20H,8-15H2,1-7H3,(H,25,29)(H,26,30)/t16-,17-,18+,19+,20-,24-/m1/s1. The first-order valence-corrected chi connectivity index (χ1v) is 12.2. The van der Waals surface area contributed by atoms with Crippen LogP contribution in [0, 0.1) is 10.8 Å². The van der Waals surface area contributed by atoms with E-state index in [1.165, 1.54) is 0 Å². The highest BCUT2D eigenvalue weighted by atomic mass is 16.5. The molecule has 8 heteroatoms. The van der Waals surface area contributed by atoms with Gasteiger partial charge in [-0.2, -0.15) is 0 Å². The molecular formula is C24H44N4O4. The number of nitrogens with zero attached hydrogens (tertiary/aromatic N) is 2. The topological polar surface area (TPSA) is 83.1 Å². The van der Waals surface area contributed by atoms with E-state index in [2.05, 4.69) is 31.4 Å². The lowest BCUT2D eigenvalue weighted by molar-refractivity contribution is -0.0558. The molecule has 0 bridgehead atoms. The third kappa shape index (κ3) is 6.73. The van der Waals surface area contributed by atoms with Crippen LogP contribution in [0.25, 0.3) is 0 Å². The summed E-state index contributed by atoms with van der Waals surface area (Å²) in [5, 5.41) is 6.48. The van der Waals surface area contributed by atoms with Gasteiger partial charge in [-0.25, -0.2) is 9.59 Å². The molecule has 0 radical (unpaired) electrons. The lowest BCUT2D eigenvalue weighted by atomic mass is 9.62. The zero-order valence-corrected chi connectivity index (χ0v) is 21.1. The Bertz CT molecular complexity index is 667. The van der Waals surface area contributed by atoms with Gasteiger partial charge in [0.15, 0.2) is 0 Å². The molecule has 2 saturated heterocycles. The van der Waals surface area contributed by atoms with E-state index >= 15 is 0 Å². The van der Waals surface area contributed by atoms with E-state index in [0.29, 0.717) is 32.7 Å². The van der Waals surface area contributed by atoms with Gasteiger partial charge in [-0.15, -0.1) is 0 Å². The number of hydrogen-bond donors (Lipinski definition) is 2. The Morgan fingerprint density at radius 2 is 1.28 bits per heavy atom. The maximum absolute atomic E-state index is 13.0. The summed E-state index contributed by atoms with van der Waals surface area (Å²) >= 11 is 0. The summed E-state index contributed by atoms with van der Waals surface area (Å²) in [5.41, 5.74) is 0.00767. The molecule has 2 aliphatic heterocycles. The van der Waals surface area contributed by atoms with Crippen LogP contribution in [-0.2, 0) is 9.47 Å². The SMILES string of the molecule is C[C@@H]1CN(C(=O)NC[C@]2(C)C[C@H](NC(=O)N3C[C@H](C)O[C@@H](C)C3)CC(C)(C)C2)C[C@@H](C)O1. The molecule has 0 aromatic carbocycles. The fraction of sp³-hybridized carbons (Fsp3) is 0.917. The molecule has 3 aliphatic rings. The average Bonchev–Trinajstić information content (AvgIpc) is 2.63. The Hall–Kier alpha value is -1.54. The molecule has 1 aliphatic carbocycles. The van der Waals surface area contributed by atoms with Gasteiger partial charge < -0.3 is 29.9 Å². The second-order valence-corrected chi connectivity index (χ2v) is 11.7. The third-order valence-electron chi connectivity index (χ3n) is 6.85. The Morgan fingerprint density at radius 3 is 1.78 bits per heavy atom. The van der Waals surface area contributed by atoms with Crippen molar-refractivity contribution in [1.82, 2.24) is 20.4 Å². The number of ether oxygens (including phenoxy) is 2. The number of rotatable bonds is 3. The van der Waals surface area contributed by atoms with Gasteiger partial charge >= 0.3 is 12.1 Å². The number of amides is 4. The van der Waals surface area contributed by atoms with Gasteiger partial charge in [0.1, 0.15) is 0 Å². The molecule has 32 heavy (non-hydrogen) atoms. The maximum Gasteiger partial charge on any atom is 0.317 e. The summed E-state index contributed by atoms with van der Waals surface area (Å²) in [7, 11) is 0. The normalized spacial score (nSPS) is 37.7. The van der Waals surface area contributed by atoms with E-state index < -0.39 is 0 Å². The molecule has 3 rings (SSSR count). The number of morpholine rings is 2. The first-order valence-electron chi connectivity index (χ1n) is 12.2. The van der Waals surface area contributed by atoms with Crippen LogP contribution in [0.4, 0.5) is 9.59 Å². The Labute approximate surface area is 193 Å². The van der Waals surface area contributed by atoms with Gasteiger partial charge in [0.05, 0.1) is 24.4 Å². The number of hydrogen-bond acceptors (Lipinski definition) is 4. The predicted octanol–water partition coefficient (Wildman–Crippen LogP) is 3.21. The highest BCUT2D eigenvalue weighted by Gasteiger charge is 2.42. The van der Waals surface area contributed by atoms with E-state index in [1.807, 2.05) is 37.5 Å². The second kappa shape index (κ2) is 9.75. The minimum atomic E-state index is -0.0789. The second-order valence-electron chi connectivity index (χ2n) is 11.7. The molecule has 0 unspecified atom stereocenters. The largest absolute Gasteiger partial charge is 0.372 e. The Balaban J connectivity index is 1.57. The smallest absolute Gasteiger partial charge is 0.317 e. The van der Waals surface area contributed by atoms with E-state index in [1.54, 1.807) is 0 Å². The average molecular weight is 453 g/mol. The molecule has 1 saturated carbocycles. The number of urea groups is 2. The molecule has 6 atom stereocenters. The van der Waals surface area contributed by atoms with Crippen LogP contribution in [0.2, 0.25) is 0 Å². The third-order valence-corrected chi connectivity index (χ3v) is 6.85. The Morgan fingerprint density at radius 1 is 0.812 bits per heavy atom. The van der Waals surface area contributed by atoms with Crippen molar-refractivity contribution in [2.75, 3.05) is 32.7 Å². The lowest BCUT2D eigenvalue weighted by Crippen LogP contribution is -2.57. The molecule has 184 valence electrons. The molecule has 2 N–H and O–H groups in total. The summed E-state index contributed by atoms with van der Waals surface area (Å²) in [5.74, 6) is 0. The molecular weight excluding hydrogens is 408 g/mol. The van der Waals surface area contributed by atoms with Gasteiger partial charge in [0, 0.05) is 38.8 Å². The minimum absolute atomic E-state index is 0.00243. The van der Waals surface area contributed by atoms with Crippen molar-refractivity contribution >= 4 is 12.1 Å². The summed E-state index contributed by atoms with van der Waals surface area (Å²) in [6, 6.07) is 0.0656. The molecule has 0 aromatic heterocycles. The fourth-order valence-electron chi connectivity index (χ4n) is 6.22. The molecule has 4 amide bonds. The van der Waals surface area contributed by atoms with Crippen molar-refractivity contribution < 1.29 is 19.1 Å². The van der Waals surface area contributed by atoms with Gasteiger partial charge in [-0.3, -0.25) is 0 Å². The molecule has 8 nitrogen and oxygen atoms in total. The molecule has 2 heterocycles. The van der Waals surface area contributed by atoms with Crippen LogP contribution in [0.15, 0.2) is 0 Å². The van der Waals surface area contributed by atoms with Crippen molar-refractivity contribution in [2.45, 2.75) is 98.2 Å². The van der Waals surface area contributed by atoms with Crippen molar-refractivity contribution in [2.24, 2.45) is 10.8 Å². The summed E-state index contributed by atoms with van der Waals surface area (Å²) in [6.07, 6.45) is 3.02. The molecule has 3 fully saturated rings. The van der Waals surface area contributed by atoms with Crippen molar-refractivity contribution in [3.63, 3.8) is 0 Å². The van der Waals surface area contributed by atoms with E-state index in [4.69, 9.17) is 9.47 Å².